The van der Waals surface area contributed by atoms with Crippen LogP contribution in [0, 0.1) is 44.8 Å². The van der Waals surface area contributed by atoms with Crippen molar-refractivity contribution in [2.45, 2.75) is 156 Å². The lowest BCUT2D eigenvalue weighted by Gasteiger charge is -2.64. The van der Waals surface area contributed by atoms with Crippen molar-refractivity contribution in [3.8, 4) is 0 Å². The molecule has 0 aromatic carbocycles. The molecule has 0 amide bonds. The summed E-state index contributed by atoms with van der Waals surface area (Å²) >= 11 is 0. The largest absolute Gasteiger partial charge is 0.462 e. The molecule has 41 heavy (non-hydrogen) atoms. The van der Waals surface area contributed by atoms with E-state index in [9.17, 15) is 19.8 Å². The van der Waals surface area contributed by atoms with Gasteiger partial charge in [0.2, 0.25) is 0 Å². The van der Waals surface area contributed by atoms with Gasteiger partial charge in [-0.25, -0.2) is 0 Å². The van der Waals surface area contributed by atoms with Crippen LogP contribution in [0.15, 0.2) is 0 Å². The van der Waals surface area contributed by atoms with Crippen LogP contribution in [-0.2, 0) is 23.8 Å². The number of hydrogen-bond donors (Lipinski definition) is 2. The monoisotopic (exact) mass is 574 g/mol. The molecule has 1 heterocycles. The predicted octanol–water partition coefficient (Wildman–Crippen LogP) is 5.58. The normalized spacial score (nSPS) is 53.4. The van der Waals surface area contributed by atoms with Crippen molar-refractivity contribution < 1.29 is 34.0 Å². The maximum atomic E-state index is 12.6. The summed E-state index contributed by atoms with van der Waals surface area (Å²) in [4.78, 5) is 24.6. The molecular formula is C34H54O7. The Morgan fingerprint density at radius 3 is 2.10 bits per heavy atom. The first-order valence-corrected chi connectivity index (χ1v) is 16.2. The molecule has 0 radical (unpaired) electrons. The van der Waals surface area contributed by atoms with E-state index in [0.29, 0.717) is 5.92 Å². The van der Waals surface area contributed by atoms with E-state index < -0.39 is 17.3 Å². The number of rotatable bonds is 4. The number of esters is 2. The third-order valence-corrected chi connectivity index (χ3v) is 14.3. The van der Waals surface area contributed by atoms with Gasteiger partial charge in [0.1, 0.15) is 12.2 Å². The summed E-state index contributed by atoms with van der Waals surface area (Å²) in [6.45, 7) is 18.1. The third kappa shape index (κ3) is 3.79. The summed E-state index contributed by atoms with van der Waals surface area (Å²) in [7, 11) is 0. The molecule has 0 aromatic heterocycles. The minimum absolute atomic E-state index is 0.0274. The minimum Gasteiger partial charge on any atom is -0.462 e. The van der Waals surface area contributed by atoms with E-state index in [1.807, 2.05) is 13.8 Å². The van der Waals surface area contributed by atoms with E-state index in [1.54, 1.807) is 0 Å². The van der Waals surface area contributed by atoms with Crippen LogP contribution in [-0.4, -0.2) is 57.8 Å². The van der Waals surface area contributed by atoms with Gasteiger partial charge < -0.3 is 24.4 Å². The minimum atomic E-state index is -0.921. The molecule has 0 bridgehead atoms. The standard InChI is InChI=1S/C34H54O7/c1-19(35)39-22-16-23-31(8)17-21(37)26(32(9)12-10-25(41-32)29(5,6)38)30(31,7)14-15-33(23)18-34(33)13-11-24(40-20(2)36)28(3,4)27(22)34/h21-27,37-38H,10-18H2,1-9H3/t21-,22-,23-,24-,25-,26?,27?,30+,31-,32+,33-,34+/m0/s1. The molecule has 2 N–H and O–H groups in total. The van der Waals surface area contributed by atoms with Gasteiger partial charge in [-0.2, -0.15) is 0 Å². The Kier molecular flexibility index (Phi) is 6.35. The Morgan fingerprint density at radius 2 is 1.51 bits per heavy atom. The molecule has 5 aliphatic carbocycles. The fraction of sp³-hybridized carbons (Fsp3) is 0.941. The van der Waals surface area contributed by atoms with Gasteiger partial charge in [0.15, 0.2) is 0 Å². The predicted molar refractivity (Wildman–Crippen MR) is 154 cm³/mol. The van der Waals surface area contributed by atoms with Gasteiger partial charge in [-0.05, 0) is 106 Å². The fourth-order valence-corrected chi connectivity index (χ4v) is 12.8. The number of ether oxygens (including phenoxy) is 3. The molecular weight excluding hydrogens is 520 g/mol. The molecule has 2 spiro atoms. The number of aliphatic hydroxyl groups excluding tert-OH is 1. The van der Waals surface area contributed by atoms with Crippen LogP contribution in [0.1, 0.15) is 120 Å². The van der Waals surface area contributed by atoms with Gasteiger partial charge in [-0.15, -0.1) is 0 Å². The molecule has 6 aliphatic rings. The molecule has 232 valence electrons. The molecule has 0 aromatic rings. The highest BCUT2D eigenvalue weighted by atomic mass is 16.6. The summed E-state index contributed by atoms with van der Waals surface area (Å²) in [5, 5.41) is 22.7. The first kappa shape index (κ1) is 29.9. The maximum absolute atomic E-state index is 12.6. The van der Waals surface area contributed by atoms with E-state index in [2.05, 4.69) is 34.6 Å². The van der Waals surface area contributed by atoms with Crippen molar-refractivity contribution in [1.29, 1.82) is 0 Å². The Balaban J connectivity index is 1.38. The molecule has 1 aliphatic heterocycles. The van der Waals surface area contributed by atoms with Crippen LogP contribution in [0.25, 0.3) is 0 Å². The van der Waals surface area contributed by atoms with Crippen molar-refractivity contribution in [2.24, 2.45) is 44.8 Å². The van der Waals surface area contributed by atoms with Gasteiger partial charge in [0.25, 0.3) is 0 Å². The van der Waals surface area contributed by atoms with Crippen molar-refractivity contribution in [2.75, 3.05) is 0 Å². The highest BCUT2D eigenvalue weighted by Gasteiger charge is 2.85. The second kappa shape index (κ2) is 8.72. The Bertz CT molecular complexity index is 1130. The number of hydrogen-bond acceptors (Lipinski definition) is 7. The molecule has 6 rings (SSSR count). The second-order valence-corrected chi connectivity index (χ2v) is 17.1. The highest BCUT2D eigenvalue weighted by Crippen LogP contribution is 2.89. The van der Waals surface area contributed by atoms with E-state index in [4.69, 9.17) is 14.2 Å². The van der Waals surface area contributed by atoms with E-state index in [1.165, 1.54) is 13.8 Å². The van der Waals surface area contributed by atoms with Gasteiger partial charge >= 0.3 is 11.9 Å². The summed E-state index contributed by atoms with van der Waals surface area (Å²) in [6, 6.07) is 0. The Morgan fingerprint density at radius 1 is 0.854 bits per heavy atom. The lowest BCUT2D eigenvalue weighted by molar-refractivity contribution is -0.224. The SMILES string of the molecule is CC(=O)O[C@H]1C[C@@H]2[C@]3(CC[C@]4(C)C([C@@]5(C)CC[C@@H](C(C)(C)O)O5)[C@@H](O)C[C@@]24C)C[C@@]32CC[C@H](OC(C)=O)C(C)(C)C12. The van der Waals surface area contributed by atoms with Gasteiger partial charge in [0, 0.05) is 31.1 Å². The van der Waals surface area contributed by atoms with Crippen LogP contribution in [0.3, 0.4) is 0 Å². The smallest absolute Gasteiger partial charge is 0.302 e. The van der Waals surface area contributed by atoms with Crippen LogP contribution >= 0.6 is 0 Å². The average Bonchev–Trinajstić information content (AvgIpc) is 3.18. The zero-order chi connectivity index (χ0) is 30.2. The zero-order valence-electron chi connectivity index (χ0n) is 26.8. The molecule has 12 atom stereocenters. The number of carbonyl (C=O) groups excluding carboxylic acids is 2. The fourth-order valence-electron chi connectivity index (χ4n) is 12.8. The van der Waals surface area contributed by atoms with Crippen molar-refractivity contribution in [1.82, 2.24) is 0 Å². The molecule has 1 saturated heterocycles. The number of fused-ring (bicyclic) bond motifs is 2. The molecule has 7 nitrogen and oxygen atoms in total. The second-order valence-electron chi connectivity index (χ2n) is 17.1. The summed E-state index contributed by atoms with van der Waals surface area (Å²) in [5.41, 5.74) is -1.80. The number of aliphatic hydroxyl groups is 2. The lowest BCUT2D eigenvalue weighted by Crippen LogP contribution is -2.63. The van der Waals surface area contributed by atoms with Gasteiger partial charge in [0.05, 0.1) is 23.4 Å². The van der Waals surface area contributed by atoms with E-state index in [-0.39, 0.29) is 69.2 Å². The molecule has 5 saturated carbocycles. The Labute approximate surface area is 246 Å². The molecule has 7 heteroatoms. The first-order chi connectivity index (χ1) is 18.8. The topological polar surface area (TPSA) is 102 Å². The maximum Gasteiger partial charge on any atom is 0.302 e. The average molecular weight is 575 g/mol. The molecule has 6 fully saturated rings. The summed E-state index contributed by atoms with van der Waals surface area (Å²) < 4.78 is 18.8. The van der Waals surface area contributed by atoms with Crippen LogP contribution in [0.5, 0.6) is 0 Å². The van der Waals surface area contributed by atoms with Crippen LogP contribution in [0.4, 0.5) is 0 Å². The van der Waals surface area contributed by atoms with Gasteiger partial charge in [-0.1, -0.05) is 27.7 Å². The zero-order valence-corrected chi connectivity index (χ0v) is 26.8. The van der Waals surface area contributed by atoms with Crippen LogP contribution < -0.4 is 0 Å². The molecule has 2 unspecified atom stereocenters. The first-order valence-electron chi connectivity index (χ1n) is 16.2. The Hall–Kier alpha value is -1.18. The van der Waals surface area contributed by atoms with Gasteiger partial charge in [-0.3, -0.25) is 9.59 Å². The summed E-state index contributed by atoms with van der Waals surface area (Å²) in [5.74, 6) is -0.0675. The quantitative estimate of drug-likeness (QED) is 0.423. The lowest BCUT2D eigenvalue weighted by atomic mass is 9.41. The van der Waals surface area contributed by atoms with E-state index >= 15 is 0 Å². The van der Waals surface area contributed by atoms with E-state index in [0.717, 1.165) is 57.8 Å². The highest BCUT2D eigenvalue weighted by molar-refractivity contribution is 5.67. The summed E-state index contributed by atoms with van der Waals surface area (Å²) in [6.07, 6.45) is 7.08. The number of carbonyl (C=O) groups is 2. The van der Waals surface area contributed by atoms with Crippen molar-refractivity contribution in [3.63, 3.8) is 0 Å². The van der Waals surface area contributed by atoms with Crippen molar-refractivity contribution in [3.05, 3.63) is 0 Å². The van der Waals surface area contributed by atoms with Crippen molar-refractivity contribution >= 4 is 11.9 Å². The van der Waals surface area contributed by atoms with Crippen LogP contribution in [0.2, 0.25) is 0 Å². The third-order valence-electron chi connectivity index (χ3n) is 14.3.